The van der Waals surface area contributed by atoms with Crippen molar-refractivity contribution >= 4 is 11.9 Å². The van der Waals surface area contributed by atoms with Gasteiger partial charge in [-0.3, -0.25) is 9.59 Å². The van der Waals surface area contributed by atoms with Crippen LogP contribution >= 0.6 is 0 Å². The molecule has 1 rings (SSSR count). The van der Waals surface area contributed by atoms with Gasteiger partial charge >= 0.3 is 5.97 Å². The first-order valence-electron chi connectivity index (χ1n) is 5.56. The molecule has 1 amide bonds. The summed E-state index contributed by atoms with van der Waals surface area (Å²) in [5.41, 5.74) is -0.868. The van der Waals surface area contributed by atoms with Crippen LogP contribution in [0.1, 0.15) is 17.3 Å². The van der Waals surface area contributed by atoms with E-state index < -0.39 is 47.2 Å². The van der Waals surface area contributed by atoms with Gasteiger partial charge in [-0.2, -0.15) is 4.39 Å². The summed E-state index contributed by atoms with van der Waals surface area (Å²) in [7, 11) is 1.10. The molecule has 0 atom stereocenters. The van der Waals surface area contributed by atoms with Crippen LogP contribution in [-0.2, 0) is 9.53 Å². The zero-order chi connectivity index (χ0) is 15.4. The molecule has 1 N–H and O–H groups in total. The summed E-state index contributed by atoms with van der Waals surface area (Å²) in [5.74, 6) is -8.34. The summed E-state index contributed by atoms with van der Waals surface area (Å²) in [6, 6.07) is 0.326. The van der Waals surface area contributed by atoms with Gasteiger partial charge < -0.3 is 14.7 Å². The van der Waals surface area contributed by atoms with Crippen molar-refractivity contribution < 1.29 is 32.6 Å². The first-order valence-corrected chi connectivity index (χ1v) is 5.56. The van der Waals surface area contributed by atoms with E-state index in [4.69, 9.17) is 5.11 Å². The number of rotatable bonds is 4. The van der Waals surface area contributed by atoms with Crippen molar-refractivity contribution in [1.29, 1.82) is 0 Å². The number of methoxy groups -OCH3 is 1. The Bertz CT molecular complexity index is 548. The Kier molecular flexibility index (Phi) is 4.95. The number of amides is 1. The standard InChI is InChI=1S/C12H12F3NO4/c1-3-16(5-8(17)20-2)12(19)6-4-7(13)10(15)11(18)9(6)14/h4,18H,3,5H2,1-2H3. The van der Waals surface area contributed by atoms with Crippen LogP contribution in [0.2, 0.25) is 0 Å². The summed E-state index contributed by atoms with van der Waals surface area (Å²) in [6.07, 6.45) is 0. The Labute approximate surface area is 112 Å². The molecule has 0 unspecified atom stereocenters. The number of esters is 1. The number of phenols is 1. The van der Waals surface area contributed by atoms with Gasteiger partial charge in [-0.15, -0.1) is 0 Å². The maximum Gasteiger partial charge on any atom is 0.325 e. The third-order valence-corrected chi connectivity index (χ3v) is 2.58. The molecule has 1 aromatic rings. The molecule has 0 bridgehead atoms. The highest BCUT2D eigenvalue weighted by atomic mass is 19.2. The maximum atomic E-state index is 13.6. The van der Waals surface area contributed by atoms with Gasteiger partial charge in [-0.25, -0.2) is 8.78 Å². The number of nitrogens with zero attached hydrogens (tertiary/aromatic N) is 1. The van der Waals surface area contributed by atoms with E-state index in [1.165, 1.54) is 6.92 Å². The molecule has 0 saturated heterocycles. The first-order chi connectivity index (χ1) is 9.33. The summed E-state index contributed by atoms with van der Waals surface area (Å²) in [4.78, 5) is 23.9. The molecule has 0 aromatic heterocycles. The van der Waals surface area contributed by atoms with E-state index in [-0.39, 0.29) is 6.54 Å². The van der Waals surface area contributed by atoms with Crippen molar-refractivity contribution in [2.24, 2.45) is 0 Å². The van der Waals surface area contributed by atoms with E-state index in [1.807, 2.05) is 0 Å². The second-order valence-corrected chi connectivity index (χ2v) is 3.78. The first kappa shape index (κ1) is 15.8. The Morgan fingerprint density at radius 3 is 2.40 bits per heavy atom. The van der Waals surface area contributed by atoms with E-state index in [1.54, 1.807) is 0 Å². The van der Waals surface area contributed by atoms with Crippen LogP contribution in [0.25, 0.3) is 0 Å². The second kappa shape index (κ2) is 6.27. The quantitative estimate of drug-likeness (QED) is 0.673. The van der Waals surface area contributed by atoms with Gasteiger partial charge in [0.05, 0.1) is 12.7 Å². The highest BCUT2D eigenvalue weighted by Crippen LogP contribution is 2.26. The summed E-state index contributed by atoms with van der Waals surface area (Å²) in [6.45, 7) is 1.02. The smallest absolute Gasteiger partial charge is 0.325 e. The fourth-order valence-electron chi connectivity index (χ4n) is 1.46. The number of halogens is 3. The molecule has 5 nitrogen and oxygen atoms in total. The van der Waals surface area contributed by atoms with Crippen LogP contribution in [0.3, 0.4) is 0 Å². The third kappa shape index (κ3) is 3.01. The van der Waals surface area contributed by atoms with E-state index in [9.17, 15) is 22.8 Å². The minimum atomic E-state index is -1.78. The Balaban J connectivity index is 3.16. The Hall–Kier alpha value is -2.25. The summed E-state index contributed by atoms with van der Waals surface area (Å²) < 4.78 is 44.0. The van der Waals surface area contributed by atoms with Crippen molar-refractivity contribution in [3.05, 3.63) is 29.1 Å². The lowest BCUT2D eigenvalue weighted by Crippen LogP contribution is -2.36. The molecule has 0 aliphatic rings. The lowest BCUT2D eigenvalue weighted by molar-refractivity contribution is -0.141. The number of carbonyl (C=O) groups is 2. The lowest BCUT2D eigenvalue weighted by atomic mass is 10.1. The number of hydrogen-bond acceptors (Lipinski definition) is 4. The topological polar surface area (TPSA) is 66.8 Å². The number of hydrogen-bond donors (Lipinski definition) is 1. The van der Waals surface area contributed by atoms with Crippen LogP contribution < -0.4 is 0 Å². The predicted octanol–water partition coefficient (Wildman–Crippen LogP) is 1.44. The van der Waals surface area contributed by atoms with Crippen molar-refractivity contribution in [1.82, 2.24) is 4.90 Å². The molecule has 0 spiro atoms. The van der Waals surface area contributed by atoms with Gasteiger partial charge in [0.15, 0.2) is 17.4 Å². The molecule has 0 aliphatic heterocycles. The zero-order valence-electron chi connectivity index (χ0n) is 10.7. The molecule has 0 aliphatic carbocycles. The number of carbonyl (C=O) groups excluding carboxylic acids is 2. The Morgan fingerprint density at radius 1 is 1.30 bits per heavy atom. The molecule has 20 heavy (non-hydrogen) atoms. The monoisotopic (exact) mass is 291 g/mol. The molecule has 1 aromatic carbocycles. The minimum Gasteiger partial charge on any atom is -0.503 e. The van der Waals surface area contributed by atoms with E-state index in [0.29, 0.717) is 6.07 Å². The number of likely N-dealkylation sites (N-methyl/N-ethyl adjacent to an activating group) is 1. The molecule has 0 fully saturated rings. The van der Waals surface area contributed by atoms with Gasteiger partial charge in [0.2, 0.25) is 5.82 Å². The molecule has 8 heteroatoms. The van der Waals surface area contributed by atoms with Crippen LogP contribution in [0.15, 0.2) is 6.07 Å². The number of phenolic OH excluding ortho intramolecular Hbond substituents is 1. The second-order valence-electron chi connectivity index (χ2n) is 3.78. The molecule has 0 heterocycles. The fourth-order valence-corrected chi connectivity index (χ4v) is 1.46. The van der Waals surface area contributed by atoms with Crippen molar-refractivity contribution in [2.75, 3.05) is 20.2 Å². The lowest BCUT2D eigenvalue weighted by Gasteiger charge is -2.20. The van der Waals surface area contributed by atoms with Crippen LogP contribution in [0.5, 0.6) is 5.75 Å². The predicted molar refractivity (Wildman–Crippen MR) is 61.6 cm³/mol. The molecule has 110 valence electrons. The average molecular weight is 291 g/mol. The molecule has 0 radical (unpaired) electrons. The van der Waals surface area contributed by atoms with Gasteiger partial charge in [0.25, 0.3) is 5.91 Å². The molecular formula is C12H12F3NO4. The SMILES string of the molecule is CCN(CC(=O)OC)C(=O)c1cc(F)c(F)c(O)c1F. The Morgan fingerprint density at radius 2 is 1.90 bits per heavy atom. The van der Waals surface area contributed by atoms with Gasteiger partial charge in [0.1, 0.15) is 6.54 Å². The fraction of sp³-hybridized carbons (Fsp3) is 0.333. The summed E-state index contributed by atoms with van der Waals surface area (Å²) in [5, 5.41) is 9.05. The number of benzene rings is 1. The van der Waals surface area contributed by atoms with Crippen LogP contribution in [0.4, 0.5) is 13.2 Å². The van der Waals surface area contributed by atoms with Gasteiger partial charge in [-0.1, -0.05) is 0 Å². The van der Waals surface area contributed by atoms with Gasteiger partial charge in [-0.05, 0) is 13.0 Å². The third-order valence-electron chi connectivity index (χ3n) is 2.58. The van der Waals surface area contributed by atoms with Crippen LogP contribution in [0, 0.1) is 17.5 Å². The zero-order valence-corrected chi connectivity index (χ0v) is 10.7. The van der Waals surface area contributed by atoms with Crippen molar-refractivity contribution in [3.8, 4) is 5.75 Å². The maximum absolute atomic E-state index is 13.6. The van der Waals surface area contributed by atoms with Gasteiger partial charge in [0, 0.05) is 6.54 Å². The summed E-state index contributed by atoms with van der Waals surface area (Å²) >= 11 is 0. The highest BCUT2D eigenvalue weighted by molar-refractivity contribution is 5.96. The van der Waals surface area contributed by atoms with E-state index in [2.05, 4.69) is 4.74 Å². The number of ether oxygens (including phenoxy) is 1. The van der Waals surface area contributed by atoms with E-state index in [0.717, 1.165) is 12.0 Å². The minimum absolute atomic E-state index is 0.00707. The van der Waals surface area contributed by atoms with E-state index >= 15 is 0 Å². The normalized spacial score (nSPS) is 10.2. The number of aromatic hydroxyl groups is 1. The van der Waals surface area contributed by atoms with Crippen LogP contribution in [-0.4, -0.2) is 42.1 Å². The highest BCUT2D eigenvalue weighted by Gasteiger charge is 2.26. The average Bonchev–Trinajstić information content (AvgIpc) is 2.45. The van der Waals surface area contributed by atoms with Crippen molar-refractivity contribution in [2.45, 2.75) is 6.92 Å². The molecule has 0 saturated carbocycles. The van der Waals surface area contributed by atoms with Crippen molar-refractivity contribution in [3.63, 3.8) is 0 Å². The largest absolute Gasteiger partial charge is 0.503 e. The molecular weight excluding hydrogens is 279 g/mol.